The molecular formula is C13H21NS. The molecule has 0 radical (unpaired) electrons. The Kier molecular flexibility index (Phi) is 4.23. The number of thioether (sulfide) groups is 1. The number of rotatable bonds is 3. The second kappa shape index (κ2) is 5.04. The molecule has 0 aliphatic rings. The molecule has 1 rings (SSSR count). The van der Waals surface area contributed by atoms with Gasteiger partial charge in [0.2, 0.25) is 0 Å². The maximum Gasteiger partial charge on any atom is 0.0303 e. The highest BCUT2D eigenvalue weighted by atomic mass is 32.2. The van der Waals surface area contributed by atoms with Gasteiger partial charge in [0.15, 0.2) is 0 Å². The van der Waals surface area contributed by atoms with Crippen molar-refractivity contribution >= 4 is 11.8 Å². The van der Waals surface area contributed by atoms with Crippen molar-refractivity contribution in [1.82, 2.24) is 0 Å². The van der Waals surface area contributed by atoms with Gasteiger partial charge in [0.1, 0.15) is 0 Å². The Labute approximate surface area is 97.4 Å². The van der Waals surface area contributed by atoms with E-state index in [9.17, 15) is 0 Å². The van der Waals surface area contributed by atoms with Crippen LogP contribution in [0.15, 0.2) is 29.2 Å². The van der Waals surface area contributed by atoms with E-state index in [4.69, 9.17) is 5.73 Å². The summed E-state index contributed by atoms with van der Waals surface area (Å²) in [6, 6.07) is 8.62. The van der Waals surface area contributed by atoms with Crippen LogP contribution in [0.5, 0.6) is 0 Å². The van der Waals surface area contributed by atoms with Crippen molar-refractivity contribution in [3.8, 4) is 0 Å². The van der Waals surface area contributed by atoms with Crippen LogP contribution < -0.4 is 5.73 Å². The largest absolute Gasteiger partial charge is 0.324 e. The van der Waals surface area contributed by atoms with E-state index in [2.05, 4.69) is 52.0 Å². The van der Waals surface area contributed by atoms with Gasteiger partial charge in [0.05, 0.1) is 0 Å². The lowest BCUT2D eigenvalue weighted by Gasteiger charge is -2.21. The second-order valence-electron chi connectivity index (χ2n) is 4.77. The molecule has 0 fully saturated rings. The van der Waals surface area contributed by atoms with Crippen LogP contribution in [0.4, 0.5) is 0 Å². The summed E-state index contributed by atoms with van der Waals surface area (Å²) in [7, 11) is 0. The van der Waals surface area contributed by atoms with Gasteiger partial charge in [-0.05, 0) is 18.1 Å². The topological polar surface area (TPSA) is 26.0 Å². The van der Waals surface area contributed by atoms with E-state index < -0.39 is 0 Å². The molecule has 0 amide bonds. The summed E-state index contributed by atoms with van der Waals surface area (Å²) >= 11 is 1.89. The first-order chi connectivity index (χ1) is 6.94. The van der Waals surface area contributed by atoms with Crippen molar-refractivity contribution in [2.24, 2.45) is 5.73 Å². The van der Waals surface area contributed by atoms with Crippen LogP contribution >= 0.6 is 11.8 Å². The monoisotopic (exact) mass is 223 g/mol. The molecular weight excluding hydrogens is 202 g/mol. The van der Waals surface area contributed by atoms with Crippen molar-refractivity contribution in [1.29, 1.82) is 0 Å². The Morgan fingerprint density at radius 2 is 1.87 bits per heavy atom. The Bertz CT molecular complexity index is 315. The van der Waals surface area contributed by atoms with Gasteiger partial charge in [0, 0.05) is 15.7 Å². The first-order valence-corrected chi connectivity index (χ1v) is 6.29. The number of nitrogens with two attached hydrogens (primary N) is 1. The summed E-state index contributed by atoms with van der Waals surface area (Å²) in [4.78, 5) is 1.32. The number of hydrogen-bond donors (Lipinski definition) is 1. The third kappa shape index (κ3) is 3.88. The van der Waals surface area contributed by atoms with E-state index in [1.807, 2.05) is 11.8 Å². The van der Waals surface area contributed by atoms with Crippen molar-refractivity contribution < 1.29 is 0 Å². The first-order valence-electron chi connectivity index (χ1n) is 5.47. The fraction of sp³-hybridized carbons (Fsp3) is 0.538. The maximum absolute atomic E-state index is 6.10. The van der Waals surface area contributed by atoms with Crippen molar-refractivity contribution in [2.45, 2.75) is 49.8 Å². The summed E-state index contributed by atoms with van der Waals surface area (Å²) in [5.41, 5.74) is 7.38. The number of hydrogen-bond acceptors (Lipinski definition) is 2. The Morgan fingerprint density at radius 1 is 1.27 bits per heavy atom. The van der Waals surface area contributed by atoms with Gasteiger partial charge in [-0.1, -0.05) is 45.9 Å². The van der Waals surface area contributed by atoms with Gasteiger partial charge in [-0.3, -0.25) is 0 Å². The molecule has 84 valence electrons. The zero-order valence-electron chi connectivity index (χ0n) is 10.1. The molecule has 0 aromatic heterocycles. The Balaban J connectivity index is 2.96. The second-order valence-corrected chi connectivity index (χ2v) is 6.64. The molecule has 0 heterocycles. The van der Waals surface area contributed by atoms with Crippen LogP contribution in [0, 0.1) is 0 Å². The van der Waals surface area contributed by atoms with Crippen LogP contribution in [-0.4, -0.2) is 4.75 Å². The molecule has 0 aliphatic heterocycles. The van der Waals surface area contributed by atoms with Crippen molar-refractivity contribution in [3.63, 3.8) is 0 Å². The summed E-state index contributed by atoms with van der Waals surface area (Å²) < 4.78 is 0.240. The highest BCUT2D eigenvalue weighted by Crippen LogP contribution is 2.36. The maximum atomic E-state index is 6.10. The summed E-state index contributed by atoms with van der Waals surface area (Å²) in [6.07, 6.45) is 0.988. The van der Waals surface area contributed by atoms with E-state index >= 15 is 0 Å². The van der Waals surface area contributed by atoms with Crippen molar-refractivity contribution in [2.75, 3.05) is 0 Å². The van der Waals surface area contributed by atoms with Crippen molar-refractivity contribution in [3.05, 3.63) is 29.8 Å². The third-order valence-corrected chi connectivity index (χ3v) is 3.38. The van der Waals surface area contributed by atoms with Crippen LogP contribution in [0.25, 0.3) is 0 Å². The van der Waals surface area contributed by atoms with E-state index in [1.165, 1.54) is 10.5 Å². The lowest BCUT2D eigenvalue weighted by molar-refractivity contribution is 0.684. The van der Waals surface area contributed by atoms with Crippen LogP contribution in [0.2, 0.25) is 0 Å². The summed E-state index contributed by atoms with van der Waals surface area (Å²) in [5, 5.41) is 0. The molecule has 1 nitrogen and oxygen atoms in total. The third-order valence-electron chi connectivity index (χ3n) is 2.17. The Morgan fingerprint density at radius 3 is 2.40 bits per heavy atom. The SMILES string of the molecule is CCC(N)c1ccccc1SC(C)(C)C. The van der Waals surface area contributed by atoms with E-state index in [-0.39, 0.29) is 10.8 Å². The molecule has 1 aromatic rings. The van der Waals surface area contributed by atoms with Gasteiger partial charge >= 0.3 is 0 Å². The van der Waals surface area contributed by atoms with Crippen LogP contribution in [0.3, 0.4) is 0 Å². The van der Waals surface area contributed by atoms with Crippen LogP contribution in [0.1, 0.15) is 45.7 Å². The fourth-order valence-electron chi connectivity index (χ4n) is 1.43. The molecule has 1 unspecified atom stereocenters. The highest BCUT2D eigenvalue weighted by molar-refractivity contribution is 8.00. The van der Waals surface area contributed by atoms with Gasteiger partial charge in [0.25, 0.3) is 0 Å². The molecule has 0 saturated heterocycles. The molecule has 15 heavy (non-hydrogen) atoms. The zero-order valence-corrected chi connectivity index (χ0v) is 10.9. The minimum Gasteiger partial charge on any atom is -0.324 e. The van der Waals surface area contributed by atoms with Gasteiger partial charge in [-0.2, -0.15) is 0 Å². The minimum atomic E-state index is 0.163. The number of benzene rings is 1. The normalized spacial score (nSPS) is 13.9. The zero-order chi connectivity index (χ0) is 11.5. The predicted octanol–water partition coefficient (Wildman–Crippen LogP) is 3.99. The molecule has 1 atom stereocenters. The van der Waals surface area contributed by atoms with Gasteiger partial charge in [-0.15, -0.1) is 11.8 Å². The average Bonchev–Trinajstić information content (AvgIpc) is 2.15. The standard InChI is InChI=1S/C13H21NS/c1-5-11(14)10-8-6-7-9-12(10)15-13(2,3)4/h6-9,11H,5,14H2,1-4H3. The molecule has 0 bridgehead atoms. The van der Waals surface area contributed by atoms with E-state index in [0.29, 0.717) is 0 Å². The quantitative estimate of drug-likeness (QED) is 0.784. The highest BCUT2D eigenvalue weighted by Gasteiger charge is 2.16. The van der Waals surface area contributed by atoms with Gasteiger partial charge < -0.3 is 5.73 Å². The fourth-order valence-corrected chi connectivity index (χ4v) is 2.57. The summed E-state index contributed by atoms with van der Waals surface area (Å²) in [6.45, 7) is 8.81. The Hall–Kier alpha value is -0.470. The summed E-state index contributed by atoms with van der Waals surface area (Å²) in [5.74, 6) is 0. The lowest BCUT2D eigenvalue weighted by atomic mass is 10.1. The van der Waals surface area contributed by atoms with E-state index in [1.54, 1.807) is 0 Å². The smallest absolute Gasteiger partial charge is 0.0303 e. The molecule has 0 aliphatic carbocycles. The lowest BCUT2D eigenvalue weighted by Crippen LogP contribution is -2.12. The van der Waals surface area contributed by atoms with Gasteiger partial charge in [-0.25, -0.2) is 0 Å². The minimum absolute atomic E-state index is 0.163. The molecule has 2 N–H and O–H groups in total. The van der Waals surface area contributed by atoms with Crippen LogP contribution in [-0.2, 0) is 0 Å². The predicted molar refractivity (Wildman–Crippen MR) is 69.3 cm³/mol. The molecule has 1 aromatic carbocycles. The molecule has 0 spiro atoms. The average molecular weight is 223 g/mol. The molecule has 0 saturated carbocycles. The van der Waals surface area contributed by atoms with E-state index in [0.717, 1.165) is 6.42 Å². The first kappa shape index (κ1) is 12.6. The molecule has 2 heteroatoms.